The molecule has 0 spiro atoms. The van der Waals surface area contributed by atoms with E-state index in [0.717, 1.165) is 113 Å². The number of para-hydroxylation sites is 3. The van der Waals surface area contributed by atoms with Gasteiger partial charge >= 0.3 is 0 Å². The first-order valence-corrected chi connectivity index (χ1v) is 48.0. The molecule has 2 aliphatic rings. The lowest BCUT2D eigenvalue weighted by molar-refractivity contribution is 0.787. The molecule has 0 saturated heterocycles. The van der Waals surface area contributed by atoms with Crippen LogP contribution in [0.2, 0.25) is 0 Å². The largest absolute Gasteiger partial charge is 0.362 e. The molecule has 0 fully saturated rings. The van der Waals surface area contributed by atoms with Gasteiger partial charge in [0.15, 0.2) is 0 Å². The molecule has 17 aromatic rings. The number of allylic oxidation sites excluding steroid dienone is 20. The lowest BCUT2D eigenvalue weighted by Gasteiger charge is -2.33. The fraction of sp³-hybridized carbons (Fsp3) is 0.0303. The highest BCUT2D eigenvalue weighted by molar-refractivity contribution is 7.90. The summed E-state index contributed by atoms with van der Waals surface area (Å²) in [7, 11) is 0. The molecule has 1 N–H and O–H groups in total. The van der Waals surface area contributed by atoms with E-state index in [1.54, 1.807) is 17.4 Å². The molecule has 1 aromatic heterocycles. The van der Waals surface area contributed by atoms with E-state index in [-0.39, 0.29) is 6.04 Å². The van der Waals surface area contributed by atoms with Crippen LogP contribution in [0.4, 0.5) is 51.2 Å². The van der Waals surface area contributed by atoms with Crippen LogP contribution < -0.4 is 20.0 Å². The summed E-state index contributed by atoms with van der Waals surface area (Å²) < 4.78 is 0. The highest BCUT2D eigenvalue weighted by Crippen LogP contribution is 2.42. The maximum absolute atomic E-state index is 4.57. The summed E-state index contributed by atoms with van der Waals surface area (Å²) in [6.45, 7) is 11.9. The van der Waals surface area contributed by atoms with Crippen molar-refractivity contribution in [1.82, 2.24) is 0 Å². The molecule has 2 unspecified atom stereocenters. The first-order valence-electron chi connectivity index (χ1n) is 46.8. The Hall–Kier alpha value is -16.9. The molecule has 0 radical (unpaired) electrons. The molecule has 0 amide bonds. The van der Waals surface area contributed by atoms with Crippen LogP contribution >= 0.6 is 24.0 Å². The van der Waals surface area contributed by atoms with Crippen molar-refractivity contribution in [1.29, 1.82) is 0 Å². The third-order valence-corrected chi connectivity index (χ3v) is 25.3. The van der Waals surface area contributed by atoms with Gasteiger partial charge in [0, 0.05) is 77.7 Å². The Morgan fingerprint density at radius 3 is 1.33 bits per heavy atom. The van der Waals surface area contributed by atoms with Crippen molar-refractivity contribution >= 4 is 126 Å². The molecule has 0 bridgehead atoms. The van der Waals surface area contributed by atoms with Gasteiger partial charge in [-0.3, -0.25) is 0 Å². The number of fused-ring (bicyclic) bond motifs is 1. The molecule has 0 aliphatic heterocycles. The van der Waals surface area contributed by atoms with Crippen LogP contribution in [-0.2, 0) is 0 Å². The maximum Gasteiger partial charge on any atom is 0.0560 e. The van der Waals surface area contributed by atoms with Crippen LogP contribution in [0.1, 0.15) is 62.6 Å². The minimum Gasteiger partial charge on any atom is -0.362 e. The first kappa shape index (κ1) is 94.3. The Balaban J connectivity index is 0.000000187. The van der Waals surface area contributed by atoms with E-state index >= 15 is 0 Å². The molecule has 16 aromatic carbocycles. The zero-order chi connectivity index (χ0) is 94.3. The molecule has 6 heteroatoms. The van der Waals surface area contributed by atoms with E-state index in [0.29, 0.717) is 5.92 Å². The number of anilines is 9. The van der Waals surface area contributed by atoms with Crippen molar-refractivity contribution in [2.24, 2.45) is 0 Å². The van der Waals surface area contributed by atoms with Crippen molar-refractivity contribution < 1.29 is 0 Å². The van der Waals surface area contributed by atoms with Gasteiger partial charge in [-0.25, -0.2) is 0 Å². The van der Waals surface area contributed by atoms with E-state index < -0.39 is 0 Å². The summed E-state index contributed by atoms with van der Waals surface area (Å²) in [6.07, 6.45) is 50.0. The number of rotatable bonds is 29. The average Bonchev–Trinajstić information content (AvgIpc) is 0.806. The summed E-state index contributed by atoms with van der Waals surface area (Å²) in [4.78, 5) is 10.5. The van der Waals surface area contributed by atoms with Crippen molar-refractivity contribution in [2.75, 3.05) is 20.0 Å². The Morgan fingerprint density at radius 2 is 0.790 bits per heavy atom. The van der Waals surface area contributed by atoms with E-state index in [1.165, 1.54) is 59.6 Å². The topological polar surface area (TPSA) is 21.8 Å². The van der Waals surface area contributed by atoms with Gasteiger partial charge in [-0.2, -0.15) is 0 Å². The molecule has 2 aliphatic carbocycles. The molecule has 670 valence electrons. The summed E-state index contributed by atoms with van der Waals surface area (Å²) in [5.41, 5.74) is 27.7. The van der Waals surface area contributed by atoms with Gasteiger partial charge in [0.1, 0.15) is 0 Å². The highest BCUT2D eigenvalue weighted by Gasteiger charge is 2.23. The molecule has 2 atom stereocenters. The van der Waals surface area contributed by atoms with Crippen molar-refractivity contribution in [3.63, 3.8) is 0 Å². The monoisotopic (exact) mass is 1810 g/mol. The Morgan fingerprint density at radius 1 is 0.341 bits per heavy atom. The fourth-order valence-electron chi connectivity index (χ4n) is 16.6. The SMILES string of the molecule is C=C/C(=C\C=C\c1ccc(N(c2ccc(-c3ccc(N(c4ccccc4)c4ccc(/C(C=C)=C/C=C/c5ccc(-c6ccccc6)s5)cc4)cc3)cc2)C2C=CC(c3ccc(C4C=CC=CC4)cc3)=CC2)cc1)c1ccccc1.C=C/C=C\C=C\Nc1ccc(-c2ccc(/C=C/C=C(\S)c3ccccc3)cc2)cc1.c1ccc(N(c2ccccc2)c2cccc3ccccc23)cc1.c1ccccc1. The molecule has 0 saturated carbocycles. The zero-order valence-electron chi connectivity index (χ0n) is 77.3. The van der Waals surface area contributed by atoms with Gasteiger partial charge < -0.3 is 20.0 Å². The second-order valence-electron chi connectivity index (χ2n) is 32.9. The fourth-order valence-corrected chi connectivity index (χ4v) is 17.8. The molecular formula is C132H110N4S2. The quantitative estimate of drug-likeness (QED) is 0.0360. The van der Waals surface area contributed by atoms with Crippen LogP contribution in [0.25, 0.3) is 83.3 Å². The number of hydrogen-bond acceptors (Lipinski definition) is 6. The smallest absolute Gasteiger partial charge is 0.0560 e. The second-order valence-corrected chi connectivity index (χ2v) is 34.5. The predicted molar refractivity (Wildman–Crippen MR) is 605 cm³/mol. The summed E-state index contributed by atoms with van der Waals surface area (Å²) >= 11 is 6.36. The number of hydrogen-bond donors (Lipinski definition) is 2. The Labute approximate surface area is 825 Å². The van der Waals surface area contributed by atoms with Crippen molar-refractivity contribution in [3.8, 4) is 32.7 Å². The summed E-state index contributed by atoms with van der Waals surface area (Å²) in [5.74, 6) is 0.441. The van der Waals surface area contributed by atoms with Crippen LogP contribution in [0.3, 0.4) is 0 Å². The van der Waals surface area contributed by atoms with E-state index in [1.807, 2.05) is 109 Å². The maximum atomic E-state index is 4.57. The standard InChI is InChI=1S/C76H62N2S.C28H25NS.C22H17N.C6H6/c1-3-58(60-20-9-5-10-21-60)26-17-19-57-31-45-70(46-32-57)78(73-51-39-65(40-52-73)64-35-33-63(34-36-64)61-22-11-6-12-23-61)74-53-43-67(44-54-74)66-41-49-72(50-42-66)77(69-28-15-8-16-29-69)71-47-37-62(38-48-71)59(4-2)27-18-30-75-55-56-76(79-75)68-24-13-7-14-25-68;1-2-3-4-8-22-29-27-20-18-25(19-21-27)24-16-14-23(15-17-24)10-9-13-28(30)26-11-6-5-7-12-26;1-3-12-19(13-4-1)23(20-14-5-2-6-15-20)22-17-9-11-18-10-7-8-16-21(18)22;1-2-4-6-5-3-1/h3-22,24-51,53-56,61,73H,1-2,23,52H2;2-22,29-30H,1H2;1-17H;1-6H/b19-17+,30-18+,58-26+,59-27+;4-3-,10-9+,22-8+,28-13-;;. The van der Waals surface area contributed by atoms with Gasteiger partial charge in [0.25, 0.3) is 0 Å². The molecule has 4 nitrogen and oxygen atoms in total. The lowest BCUT2D eigenvalue weighted by Crippen LogP contribution is -2.30. The van der Waals surface area contributed by atoms with Crippen LogP contribution in [0.5, 0.6) is 0 Å². The van der Waals surface area contributed by atoms with Crippen LogP contribution in [-0.4, -0.2) is 6.04 Å². The Kier molecular flexibility index (Phi) is 34.0. The number of nitrogens with zero attached hydrogens (tertiary/aromatic N) is 3. The molecule has 138 heavy (non-hydrogen) atoms. The van der Waals surface area contributed by atoms with E-state index in [2.05, 4.69) is 520 Å². The van der Waals surface area contributed by atoms with Crippen molar-refractivity contribution in [2.45, 2.75) is 24.8 Å². The number of nitrogens with one attached hydrogen (secondary N) is 1. The third kappa shape index (κ3) is 26.2. The Bertz CT molecular complexity index is 7100. The normalized spacial score (nSPS) is 13.5. The molecule has 1 heterocycles. The third-order valence-electron chi connectivity index (χ3n) is 23.8. The van der Waals surface area contributed by atoms with Crippen LogP contribution in [0.15, 0.2) is 584 Å². The van der Waals surface area contributed by atoms with Gasteiger partial charge in [-0.1, -0.05) is 463 Å². The molecular weight excluding hydrogens is 1710 g/mol. The summed E-state index contributed by atoms with van der Waals surface area (Å²) in [5, 5.41) is 5.75. The van der Waals surface area contributed by atoms with E-state index in [4.69, 9.17) is 0 Å². The van der Waals surface area contributed by atoms with Gasteiger partial charge in [0.2, 0.25) is 0 Å². The number of benzene rings is 16. The number of thiophene rings is 1. The highest BCUT2D eigenvalue weighted by atomic mass is 32.1. The summed E-state index contributed by atoms with van der Waals surface area (Å²) in [6, 6.07) is 156. The average molecular weight is 1820 g/mol. The van der Waals surface area contributed by atoms with E-state index in [9.17, 15) is 0 Å². The second kappa shape index (κ2) is 49.7. The van der Waals surface area contributed by atoms with Crippen LogP contribution in [0, 0.1) is 0 Å². The van der Waals surface area contributed by atoms with Gasteiger partial charge in [-0.15, -0.1) is 24.0 Å². The van der Waals surface area contributed by atoms with Gasteiger partial charge in [0.05, 0.1) is 11.7 Å². The first-order chi connectivity index (χ1) is 68.3. The minimum absolute atomic E-state index is 0.123. The zero-order valence-corrected chi connectivity index (χ0v) is 79.0. The molecule has 19 rings (SSSR count). The lowest BCUT2D eigenvalue weighted by atomic mass is 9.90. The number of thiol groups is 1. The minimum atomic E-state index is 0.123. The predicted octanol–water partition coefficient (Wildman–Crippen LogP) is 37.3. The van der Waals surface area contributed by atoms with Gasteiger partial charge in [-0.05, 0) is 235 Å². The van der Waals surface area contributed by atoms with Crippen molar-refractivity contribution in [3.05, 3.63) is 628 Å².